The van der Waals surface area contributed by atoms with Gasteiger partial charge in [0.1, 0.15) is 5.76 Å². The number of nitrogens with zero attached hydrogens (tertiary/aromatic N) is 2. The smallest absolute Gasteiger partial charge is 0.117 e. The van der Waals surface area contributed by atoms with Crippen LogP contribution in [0, 0.1) is 0 Å². The first-order valence-electron chi connectivity index (χ1n) is 7.06. The lowest BCUT2D eigenvalue weighted by Gasteiger charge is -2.36. The SMILES string of the molecule is C=CCO[C@@H]1C[C@H]2CN(Cc3ccco3)CCN2C1. The molecule has 2 atom stereocenters. The molecule has 0 spiro atoms. The number of rotatable bonds is 5. The minimum atomic E-state index is 0.381. The fraction of sp³-hybridized carbons (Fsp3) is 0.600. The van der Waals surface area contributed by atoms with Gasteiger partial charge in [-0.05, 0) is 18.6 Å². The van der Waals surface area contributed by atoms with Crippen LogP contribution in [0.1, 0.15) is 12.2 Å². The minimum Gasteiger partial charge on any atom is -0.468 e. The average molecular weight is 262 g/mol. The fourth-order valence-electron chi connectivity index (χ4n) is 3.15. The Hall–Kier alpha value is -1.10. The molecule has 4 heteroatoms. The van der Waals surface area contributed by atoms with Gasteiger partial charge in [0.15, 0.2) is 0 Å². The van der Waals surface area contributed by atoms with Gasteiger partial charge >= 0.3 is 0 Å². The van der Waals surface area contributed by atoms with E-state index in [1.54, 1.807) is 6.26 Å². The summed E-state index contributed by atoms with van der Waals surface area (Å²) < 4.78 is 11.2. The van der Waals surface area contributed by atoms with Crippen molar-refractivity contribution in [3.8, 4) is 0 Å². The normalized spacial score (nSPS) is 28.4. The van der Waals surface area contributed by atoms with E-state index in [4.69, 9.17) is 9.15 Å². The monoisotopic (exact) mass is 262 g/mol. The zero-order chi connectivity index (χ0) is 13.1. The molecule has 2 saturated heterocycles. The van der Waals surface area contributed by atoms with Crippen LogP contribution in [0.2, 0.25) is 0 Å². The number of piperazine rings is 1. The van der Waals surface area contributed by atoms with Crippen molar-refractivity contribution in [1.29, 1.82) is 0 Å². The summed E-state index contributed by atoms with van der Waals surface area (Å²) >= 11 is 0. The molecule has 0 radical (unpaired) electrons. The molecule has 0 N–H and O–H groups in total. The highest BCUT2D eigenvalue weighted by Gasteiger charge is 2.36. The standard InChI is InChI=1S/C15H22N2O2/c1-2-7-18-15-9-13-10-16(5-6-17(13)12-15)11-14-4-3-8-19-14/h2-4,8,13,15H,1,5-7,9-12H2/t13-,15+/m0/s1. The van der Waals surface area contributed by atoms with Crippen molar-refractivity contribution >= 4 is 0 Å². The summed E-state index contributed by atoms with van der Waals surface area (Å²) in [5.74, 6) is 1.06. The molecule has 0 saturated carbocycles. The highest BCUT2D eigenvalue weighted by Crippen LogP contribution is 2.24. The summed E-state index contributed by atoms with van der Waals surface area (Å²) in [6.07, 6.45) is 5.11. The van der Waals surface area contributed by atoms with Crippen LogP contribution in [-0.4, -0.2) is 54.7 Å². The lowest BCUT2D eigenvalue weighted by atomic mass is 10.1. The summed E-state index contributed by atoms with van der Waals surface area (Å²) in [4.78, 5) is 5.04. The van der Waals surface area contributed by atoms with E-state index in [0.29, 0.717) is 18.8 Å². The third-order valence-electron chi connectivity index (χ3n) is 4.07. The van der Waals surface area contributed by atoms with Crippen LogP contribution in [0.3, 0.4) is 0 Å². The quantitative estimate of drug-likeness (QED) is 0.756. The topological polar surface area (TPSA) is 28.9 Å². The van der Waals surface area contributed by atoms with E-state index in [1.165, 1.54) is 0 Å². The Labute approximate surface area is 114 Å². The van der Waals surface area contributed by atoms with Gasteiger partial charge in [-0.15, -0.1) is 6.58 Å². The molecule has 0 unspecified atom stereocenters. The Morgan fingerprint density at radius 2 is 2.37 bits per heavy atom. The summed E-state index contributed by atoms with van der Waals surface area (Å²) in [7, 11) is 0. The Balaban J connectivity index is 1.51. The second kappa shape index (κ2) is 5.90. The molecule has 0 aromatic carbocycles. The van der Waals surface area contributed by atoms with Gasteiger partial charge in [-0.1, -0.05) is 6.08 Å². The maximum absolute atomic E-state index is 5.79. The minimum absolute atomic E-state index is 0.381. The predicted molar refractivity (Wildman–Crippen MR) is 73.9 cm³/mol. The van der Waals surface area contributed by atoms with Gasteiger partial charge in [0.2, 0.25) is 0 Å². The largest absolute Gasteiger partial charge is 0.468 e. The second-order valence-corrected chi connectivity index (χ2v) is 5.44. The molecule has 0 aliphatic carbocycles. The number of ether oxygens (including phenoxy) is 1. The van der Waals surface area contributed by atoms with E-state index < -0.39 is 0 Å². The van der Waals surface area contributed by atoms with Crippen LogP contribution in [0.15, 0.2) is 35.5 Å². The van der Waals surface area contributed by atoms with Crippen molar-refractivity contribution in [2.75, 3.05) is 32.8 Å². The summed E-state index contributed by atoms with van der Waals surface area (Å²) in [5.41, 5.74) is 0. The molecule has 4 nitrogen and oxygen atoms in total. The van der Waals surface area contributed by atoms with E-state index in [2.05, 4.69) is 22.4 Å². The molecular weight excluding hydrogens is 240 g/mol. The molecule has 1 aromatic rings. The van der Waals surface area contributed by atoms with Crippen LogP contribution in [0.4, 0.5) is 0 Å². The van der Waals surface area contributed by atoms with Gasteiger partial charge in [-0.25, -0.2) is 0 Å². The average Bonchev–Trinajstić information content (AvgIpc) is 3.04. The van der Waals surface area contributed by atoms with Crippen molar-refractivity contribution in [3.63, 3.8) is 0 Å². The van der Waals surface area contributed by atoms with Crippen LogP contribution in [-0.2, 0) is 11.3 Å². The molecule has 0 amide bonds. The molecule has 3 heterocycles. The van der Waals surface area contributed by atoms with Gasteiger partial charge in [0, 0.05) is 32.2 Å². The second-order valence-electron chi connectivity index (χ2n) is 5.44. The third-order valence-corrected chi connectivity index (χ3v) is 4.07. The third kappa shape index (κ3) is 3.08. The Morgan fingerprint density at radius 3 is 3.16 bits per heavy atom. The number of hydrogen-bond acceptors (Lipinski definition) is 4. The van der Waals surface area contributed by atoms with Crippen molar-refractivity contribution < 1.29 is 9.15 Å². The van der Waals surface area contributed by atoms with Gasteiger partial charge in [0.05, 0.1) is 25.5 Å². The van der Waals surface area contributed by atoms with Crippen molar-refractivity contribution in [3.05, 3.63) is 36.8 Å². The van der Waals surface area contributed by atoms with Crippen molar-refractivity contribution in [1.82, 2.24) is 9.80 Å². The van der Waals surface area contributed by atoms with Gasteiger partial charge in [0.25, 0.3) is 0 Å². The zero-order valence-corrected chi connectivity index (χ0v) is 11.3. The van der Waals surface area contributed by atoms with Crippen LogP contribution < -0.4 is 0 Å². The lowest BCUT2D eigenvalue weighted by molar-refractivity contribution is 0.0748. The summed E-state index contributed by atoms with van der Waals surface area (Å²) in [5, 5.41) is 0. The molecule has 0 bridgehead atoms. The highest BCUT2D eigenvalue weighted by atomic mass is 16.5. The molecular formula is C15H22N2O2. The molecule has 104 valence electrons. The first kappa shape index (κ1) is 12.9. The number of fused-ring (bicyclic) bond motifs is 1. The lowest BCUT2D eigenvalue weighted by Crippen LogP contribution is -2.49. The van der Waals surface area contributed by atoms with Gasteiger partial charge < -0.3 is 9.15 Å². The van der Waals surface area contributed by atoms with Crippen LogP contribution >= 0.6 is 0 Å². The summed E-state index contributed by atoms with van der Waals surface area (Å²) in [6, 6.07) is 4.65. The van der Waals surface area contributed by atoms with Gasteiger partial charge in [-0.3, -0.25) is 9.80 Å². The van der Waals surface area contributed by atoms with Crippen LogP contribution in [0.25, 0.3) is 0 Å². The van der Waals surface area contributed by atoms with E-state index >= 15 is 0 Å². The number of furan rings is 1. The highest BCUT2D eigenvalue weighted by molar-refractivity contribution is 5.00. The molecule has 19 heavy (non-hydrogen) atoms. The maximum atomic E-state index is 5.79. The van der Waals surface area contributed by atoms with E-state index in [1.807, 2.05) is 12.1 Å². The fourth-order valence-corrected chi connectivity index (χ4v) is 3.15. The summed E-state index contributed by atoms with van der Waals surface area (Å²) in [6.45, 7) is 9.75. The Bertz CT molecular complexity index is 404. The van der Waals surface area contributed by atoms with E-state index in [9.17, 15) is 0 Å². The zero-order valence-electron chi connectivity index (χ0n) is 11.3. The van der Waals surface area contributed by atoms with Crippen molar-refractivity contribution in [2.24, 2.45) is 0 Å². The van der Waals surface area contributed by atoms with Crippen LogP contribution in [0.5, 0.6) is 0 Å². The maximum Gasteiger partial charge on any atom is 0.117 e. The Kier molecular flexibility index (Phi) is 4.01. The number of hydrogen-bond donors (Lipinski definition) is 0. The van der Waals surface area contributed by atoms with Gasteiger partial charge in [-0.2, -0.15) is 0 Å². The van der Waals surface area contributed by atoms with Crippen molar-refractivity contribution in [2.45, 2.75) is 25.1 Å². The predicted octanol–water partition coefficient (Wildman–Crippen LogP) is 1.74. The molecule has 2 fully saturated rings. The first-order valence-corrected chi connectivity index (χ1v) is 7.06. The Morgan fingerprint density at radius 1 is 1.42 bits per heavy atom. The van der Waals surface area contributed by atoms with E-state index in [-0.39, 0.29) is 0 Å². The molecule has 2 aliphatic heterocycles. The molecule has 1 aromatic heterocycles. The first-order chi connectivity index (χ1) is 9.35. The molecule has 3 rings (SSSR count). The molecule has 2 aliphatic rings. The van der Waals surface area contributed by atoms with E-state index in [0.717, 1.165) is 44.9 Å².